The number of aliphatic hydroxyl groups excluding tert-OH is 1. The Hall–Kier alpha value is -2.24. The number of nitrogens with zero attached hydrogens (tertiary/aromatic N) is 1. The number of imide groups is 1. The summed E-state index contributed by atoms with van der Waals surface area (Å²) in [5.74, 6) is -0.614. The van der Waals surface area contributed by atoms with Crippen LogP contribution in [0.3, 0.4) is 0 Å². The molecule has 2 aromatic rings. The van der Waals surface area contributed by atoms with E-state index in [2.05, 4.69) is 5.32 Å². The minimum atomic E-state index is -0.856. The van der Waals surface area contributed by atoms with Crippen molar-refractivity contribution in [3.05, 3.63) is 47.5 Å². The van der Waals surface area contributed by atoms with Crippen LogP contribution >= 0.6 is 0 Å². The van der Waals surface area contributed by atoms with E-state index in [1.54, 1.807) is 12.1 Å². The van der Waals surface area contributed by atoms with Gasteiger partial charge in [-0.3, -0.25) is 19.8 Å². The van der Waals surface area contributed by atoms with E-state index in [1.807, 2.05) is 24.3 Å². The third-order valence-corrected chi connectivity index (χ3v) is 4.51. The smallest absolute Gasteiger partial charge is 0.261 e. The minimum Gasteiger partial charge on any atom is -0.376 e. The molecule has 1 saturated heterocycles. The zero-order valence-corrected chi connectivity index (χ0v) is 12.0. The van der Waals surface area contributed by atoms with E-state index < -0.39 is 12.3 Å². The average Bonchev–Trinajstić information content (AvgIpc) is 2.77. The normalized spacial score (nSPS) is 24.9. The molecule has 112 valence electrons. The Morgan fingerprint density at radius 2 is 1.64 bits per heavy atom. The summed E-state index contributed by atoms with van der Waals surface area (Å²) in [6, 6.07) is 10.7. The van der Waals surface area contributed by atoms with Crippen molar-refractivity contribution >= 4 is 22.6 Å². The quantitative estimate of drug-likeness (QED) is 0.783. The Labute approximate surface area is 127 Å². The summed E-state index contributed by atoms with van der Waals surface area (Å²) in [5, 5.41) is 14.9. The van der Waals surface area contributed by atoms with Crippen molar-refractivity contribution in [1.29, 1.82) is 0 Å². The lowest BCUT2D eigenvalue weighted by Gasteiger charge is -2.34. The van der Waals surface area contributed by atoms with Gasteiger partial charge in [-0.15, -0.1) is 0 Å². The van der Waals surface area contributed by atoms with Crippen LogP contribution in [0.4, 0.5) is 0 Å². The highest BCUT2D eigenvalue weighted by Gasteiger charge is 2.43. The fourth-order valence-corrected chi connectivity index (χ4v) is 3.37. The maximum absolute atomic E-state index is 12.7. The molecule has 22 heavy (non-hydrogen) atoms. The molecule has 4 rings (SSSR count). The Balaban J connectivity index is 1.80. The highest BCUT2D eigenvalue weighted by molar-refractivity contribution is 6.23. The summed E-state index contributed by atoms with van der Waals surface area (Å²) in [6.45, 7) is 0.699. The first-order chi connectivity index (χ1) is 10.7. The first-order valence-electron chi connectivity index (χ1n) is 7.49. The van der Waals surface area contributed by atoms with Crippen LogP contribution in [0, 0.1) is 0 Å². The van der Waals surface area contributed by atoms with Crippen molar-refractivity contribution in [2.24, 2.45) is 0 Å². The largest absolute Gasteiger partial charge is 0.376 e. The van der Waals surface area contributed by atoms with Gasteiger partial charge in [-0.1, -0.05) is 24.3 Å². The van der Waals surface area contributed by atoms with Crippen LogP contribution in [0.15, 0.2) is 36.4 Å². The van der Waals surface area contributed by atoms with Gasteiger partial charge in [0.05, 0.1) is 17.2 Å². The molecular formula is C17H16N2O3. The molecule has 2 atom stereocenters. The summed E-state index contributed by atoms with van der Waals surface area (Å²) < 4.78 is 0. The number of hydrogen-bond donors (Lipinski definition) is 2. The van der Waals surface area contributed by atoms with Crippen LogP contribution in [-0.4, -0.2) is 40.6 Å². The molecule has 0 saturated carbocycles. The maximum Gasteiger partial charge on any atom is 0.261 e. The summed E-state index contributed by atoms with van der Waals surface area (Å²) in [4.78, 5) is 26.5. The number of hydrogen-bond acceptors (Lipinski definition) is 4. The molecule has 0 aromatic heterocycles. The molecule has 2 heterocycles. The Morgan fingerprint density at radius 3 is 2.18 bits per heavy atom. The van der Waals surface area contributed by atoms with Gasteiger partial charge in [0.25, 0.3) is 11.8 Å². The van der Waals surface area contributed by atoms with Crippen LogP contribution in [0.25, 0.3) is 10.8 Å². The predicted molar refractivity (Wildman–Crippen MR) is 81.5 cm³/mol. The van der Waals surface area contributed by atoms with E-state index in [1.165, 1.54) is 4.90 Å². The second-order valence-electron chi connectivity index (χ2n) is 5.83. The number of piperidine rings is 1. The summed E-state index contributed by atoms with van der Waals surface area (Å²) in [6.07, 6.45) is 0.598. The van der Waals surface area contributed by atoms with Crippen molar-refractivity contribution in [1.82, 2.24) is 10.2 Å². The lowest BCUT2D eigenvalue weighted by atomic mass is 10.0. The minimum absolute atomic E-state index is 0.307. The molecule has 5 nitrogen and oxygen atoms in total. The first kappa shape index (κ1) is 13.4. The lowest BCUT2D eigenvalue weighted by Crippen LogP contribution is -2.55. The molecule has 0 aliphatic carbocycles. The van der Waals surface area contributed by atoms with E-state index in [-0.39, 0.29) is 11.8 Å². The standard InChI is InChI=1S/C17H16N2O3/c20-15-14(6-3-7-18-15)19-16(21)12-8-10-4-1-2-5-11(10)9-13(12)17(19)22/h1-2,4-5,8-9,14-15,18,20H,3,6-7H2/t14-,15?/m0/s1. The molecule has 0 bridgehead atoms. The average molecular weight is 296 g/mol. The number of carbonyl (C=O) groups is 2. The van der Waals surface area contributed by atoms with Gasteiger partial charge in [-0.25, -0.2) is 0 Å². The molecule has 1 fully saturated rings. The molecule has 1 unspecified atom stereocenters. The number of aliphatic hydroxyl groups is 1. The number of amides is 2. The zero-order valence-electron chi connectivity index (χ0n) is 12.0. The van der Waals surface area contributed by atoms with E-state index in [0.717, 1.165) is 17.2 Å². The number of nitrogens with one attached hydrogen (secondary N) is 1. The second-order valence-corrected chi connectivity index (χ2v) is 5.83. The van der Waals surface area contributed by atoms with E-state index in [0.29, 0.717) is 24.1 Å². The van der Waals surface area contributed by atoms with Crippen molar-refractivity contribution < 1.29 is 14.7 Å². The molecule has 0 radical (unpaired) electrons. The van der Waals surface area contributed by atoms with Crippen molar-refractivity contribution in [2.75, 3.05) is 6.54 Å². The van der Waals surface area contributed by atoms with Gasteiger partial charge in [-0.2, -0.15) is 0 Å². The van der Waals surface area contributed by atoms with Gasteiger partial charge in [0.15, 0.2) is 0 Å². The molecule has 2 aliphatic rings. The van der Waals surface area contributed by atoms with Crippen LogP contribution in [-0.2, 0) is 0 Å². The van der Waals surface area contributed by atoms with Crippen molar-refractivity contribution in [2.45, 2.75) is 25.1 Å². The van der Waals surface area contributed by atoms with Crippen LogP contribution in [0.1, 0.15) is 33.6 Å². The van der Waals surface area contributed by atoms with Gasteiger partial charge >= 0.3 is 0 Å². The fourth-order valence-electron chi connectivity index (χ4n) is 3.37. The van der Waals surface area contributed by atoms with Gasteiger partial charge in [0.2, 0.25) is 0 Å². The van der Waals surface area contributed by atoms with Crippen molar-refractivity contribution in [3.63, 3.8) is 0 Å². The van der Waals surface area contributed by atoms with Crippen LogP contribution in [0.2, 0.25) is 0 Å². The molecular weight excluding hydrogens is 280 g/mol. The Kier molecular flexibility index (Phi) is 2.99. The summed E-state index contributed by atoms with van der Waals surface area (Å²) in [7, 11) is 0. The Morgan fingerprint density at radius 1 is 1.05 bits per heavy atom. The summed E-state index contributed by atoms with van der Waals surface area (Å²) >= 11 is 0. The first-order valence-corrected chi connectivity index (χ1v) is 7.49. The Bertz CT molecular complexity index is 732. The number of rotatable bonds is 1. The van der Waals surface area contributed by atoms with Gasteiger partial charge in [0.1, 0.15) is 6.23 Å². The maximum atomic E-state index is 12.7. The highest BCUT2D eigenvalue weighted by atomic mass is 16.3. The SMILES string of the molecule is O=C1c2cc3ccccc3cc2C(=O)N1[C@H]1CCCNC1O. The number of benzene rings is 2. The molecule has 2 N–H and O–H groups in total. The monoisotopic (exact) mass is 296 g/mol. The fraction of sp³-hybridized carbons (Fsp3) is 0.294. The highest BCUT2D eigenvalue weighted by Crippen LogP contribution is 2.31. The molecule has 2 aromatic carbocycles. The van der Waals surface area contributed by atoms with Gasteiger partial charge < -0.3 is 5.11 Å². The molecule has 5 heteroatoms. The molecule has 2 aliphatic heterocycles. The van der Waals surface area contributed by atoms with E-state index >= 15 is 0 Å². The third-order valence-electron chi connectivity index (χ3n) is 4.51. The van der Waals surface area contributed by atoms with Crippen molar-refractivity contribution in [3.8, 4) is 0 Å². The molecule has 0 spiro atoms. The number of carbonyl (C=O) groups excluding carboxylic acids is 2. The van der Waals surface area contributed by atoms with Gasteiger partial charge in [-0.05, 0) is 42.3 Å². The predicted octanol–water partition coefficient (Wildman–Crippen LogP) is 1.51. The van der Waals surface area contributed by atoms with Crippen LogP contribution in [0.5, 0.6) is 0 Å². The zero-order chi connectivity index (χ0) is 15.3. The van der Waals surface area contributed by atoms with E-state index in [9.17, 15) is 14.7 Å². The summed E-state index contributed by atoms with van der Waals surface area (Å²) in [5.41, 5.74) is 0.864. The van der Waals surface area contributed by atoms with Crippen LogP contribution < -0.4 is 5.32 Å². The second kappa shape index (κ2) is 4.90. The van der Waals surface area contributed by atoms with Gasteiger partial charge in [0, 0.05) is 0 Å². The van der Waals surface area contributed by atoms with E-state index in [4.69, 9.17) is 0 Å². The third kappa shape index (κ3) is 1.86. The lowest BCUT2D eigenvalue weighted by molar-refractivity contribution is 0.0113. The topological polar surface area (TPSA) is 69.6 Å². The molecule has 2 amide bonds. The number of fused-ring (bicyclic) bond motifs is 2.